The Labute approximate surface area is 165 Å². The third-order valence-corrected chi connectivity index (χ3v) is 4.42. The van der Waals surface area contributed by atoms with Gasteiger partial charge in [-0.05, 0) is 63.7 Å². The van der Waals surface area contributed by atoms with Crippen LogP contribution < -0.4 is 9.57 Å². The molecule has 1 aliphatic rings. The Morgan fingerprint density at radius 1 is 1.15 bits per heavy atom. The second-order valence-corrected chi connectivity index (χ2v) is 7.92. The summed E-state index contributed by atoms with van der Waals surface area (Å²) in [5, 5.41) is 0. The highest BCUT2D eigenvalue weighted by Gasteiger charge is 2.25. The molecule has 0 saturated carbocycles. The number of carbonyl (C=O) groups is 2. The fraction of sp³-hybridized carbons (Fsp3) is 0.579. The second kappa shape index (κ2) is 9.39. The quantitative estimate of drug-likeness (QED) is 0.607. The van der Waals surface area contributed by atoms with Crippen molar-refractivity contribution in [2.24, 2.45) is 0 Å². The van der Waals surface area contributed by atoms with Crippen LogP contribution in [0.2, 0.25) is 0 Å². The maximum Gasteiger partial charge on any atom is 0.415 e. The van der Waals surface area contributed by atoms with Crippen molar-refractivity contribution in [3.63, 3.8) is 0 Å². The molecule has 1 aliphatic heterocycles. The smallest absolute Gasteiger partial charge is 0.415 e. The van der Waals surface area contributed by atoms with E-state index in [0.717, 1.165) is 18.7 Å². The summed E-state index contributed by atoms with van der Waals surface area (Å²) in [5.74, 6) is 0.0541. The van der Waals surface area contributed by atoms with Gasteiger partial charge < -0.3 is 19.3 Å². The molecule has 0 radical (unpaired) electrons. The zero-order valence-corrected chi connectivity index (χ0v) is 17.1. The molecule has 1 aromatic carbocycles. The number of likely N-dealkylation sites (N-methyl/N-ethyl adjacent to an activating group) is 1. The lowest BCUT2D eigenvalue weighted by Gasteiger charge is -2.31. The van der Waals surface area contributed by atoms with E-state index in [2.05, 4.69) is 9.74 Å². The molecule has 1 aromatic rings. The van der Waals surface area contributed by atoms with Crippen LogP contribution >= 0.6 is 11.8 Å². The topological polar surface area (TPSA) is 71.1 Å². The van der Waals surface area contributed by atoms with E-state index in [9.17, 15) is 9.59 Å². The van der Waals surface area contributed by atoms with E-state index >= 15 is 0 Å². The first-order chi connectivity index (χ1) is 12.7. The Hall–Kier alpha value is -1.83. The second-order valence-electron chi connectivity index (χ2n) is 7.70. The minimum atomic E-state index is -0.662. The van der Waals surface area contributed by atoms with Crippen molar-refractivity contribution in [1.29, 1.82) is 0 Å². The number of halogens is 1. The van der Waals surface area contributed by atoms with Gasteiger partial charge in [0, 0.05) is 26.2 Å². The molecule has 2 rings (SSSR count). The molecule has 0 spiro atoms. The van der Waals surface area contributed by atoms with Gasteiger partial charge in [-0.1, -0.05) is 12.1 Å². The van der Waals surface area contributed by atoms with Crippen molar-refractivity contribution in [2.45, 2.75) is 38.8 Å². The van der Waals surface area contributed by atoms with Gasteiger partial charge in [0.1, 0.15) is 17.4 Å². The number of hydrogen-bond acceptors (Lipinski definition) is 6. The van der Waals surface area contributed by atoms with Gasteiger partial charge in [0.2, 0.25) is 0 Å². The van der Waals surface area contributed by atoms with Crippen molar-refractivity contribution in [3.05, 3.63) is 29.8 Å². The zero-order valence-electron chi connectivity index (χ0n) is 16.3. The Bertz CT molecular complexity index is 637. The molecule has 7 nitrogen and oxygen atoms in total. The lowest BCUT2D eigenvalue weighted by atomic mass is 10.1. The molecule has 1 atom stereocenters. The fourth-order valence-electron chi connectivity index (χ4n) is 2.62. The van der Waals surface area contributed by atoms with Crippen LogP contribution in [-0.4, -0.2) is 66.7 Å². The average Bonchev–Trinajstić information content (AvgIpc) is 2.60. The van der Waals surface area contributed by atoms with E-state index in [0.29, 0.717) is 25.3 Å². The Morgan fingerprint density at radius 3 is 2.26 bits per heavy atom. The monoisotopic (exact) mass is 397 g/mol. The molecule has 1 N–H and O–H groups in total. The number of ether oxygens (including phenoxy) is 2. The first kappa shape index (κ1) is 21.5. The standard InChI is InChI=1S/C19H28ClN3O4/c1-19(2,3)27-17(24)16(21-20)13-14-5-7-15(8-6-14)26-18(25)23-11-9-22(4)10-12-23/h5-8,16,21H,9-13H2,1-4H3/t16-/m0/s1. The van der Waals surface area contributed by atoms with Crippen molar-refractivity contribution >= 4 is 23.8 Å². The number of amides is 1. The molecular weight excluding hydrogens is 370 g/mol. The van der Waals surface area contributed by atoms with Crippen LogP contribution in [0.5, 0.6) is 5.75 Å². The molecule has 8 heteroatoms. The highest BCUT2D eigenvalue weighted by atomic mass is 35.5. The average molecular weight is 398 g/mol. The van der Waals surface area contributed by atoms with Crippen LogP contribution in [0.4, 0.5) is 4.79 Å². The Balaban J connectivity index is 1.90. The van der Waals surface area contributed by atoms with Gasteiger partial charge in [-0.3, -0.25) is 4.79 Å². The number of carbonyl (C=O) groups excluding carboxylic acids is 2. The fourth-order valence-corrected chi connectivity index (χ4v) is 2.79. The SMILES string of the molecule is CN1CCN(C(=O)Oc2ccc(C[C@H](NCl)C(=O)OC(C)(C)C)cc2)CC1. The number of esters is 1. The van der Waals surface area contributed by atoms with Gasteiger partial charge in [-0.25, -0.2) is 9.63 Å². The number of hydrogen-bond donors (Lipinski definition) is 1. The maximum atomic E-state index is 12.2. The van der Waals surface area contributed by atoms with E-state index in [1.807, 2.05) is 7.05 Å². The first-order valence-electron chi connectivity index (χ1n) is 9.01. The molecule has 0 bridgehead atoms. The third-order valence-electron chi connectivity index (χ3n) is 4.15. The summed E-state index contributed by atoms with van der Waals surface area (Å²) < 4.78 is 10.8. The highest BCUT2D eigenvalue weighted by molar-refractivity contribution is 6.14. The molecule has 1 fully saturated rings. The van der Waals surface area contributed by atoms with Crippen molar-refractivity contribution in [3.8, 4) is 5.75 Å². The van der Waals surface area contributed by atoms with Gasteiger partial charge in [-0.2, -0.15) is 0 Å². The number of nitrogens with one attached hydrogen (secondary N) is 1. The maximum absolute atomic E-state index is 12.2. The molecular formula is C19H28ClN3O4. The van der Waals surface area contributed by atoms with Crippen molar-refractivity contribution < 1.29 is 19.1 Å². The first-order valence-corrected chi connectivity index (χ1v) is 9.39. The molecule has 27 heavy (non-hydrogen) atoms. The third kappa shape index (κ3) is 7.01. The van der Waals surface area contributed by atoms with Crippen LogP contribution in [0.3, 0.4) is 0 Å². The van der Waals surface area contributed by atoms with Crippen molar-refractivity contribution in [2.75, 3.05) is 33.2 Å². The Kier molecular flexibility index (Phi) is 7.47. The molecule has 1 heterocycles. The zero-order chi connectivity index (χ0) is 20.0. The van der Waals surface area contributed by atoms with E-state index < -0.39 is 17.6 Å². The molecule has 0 unspecified atom stereocenters. The summed E-state index contributed by atoms with van der Waals surface area (Å²) in [6, 6.07) is 6.37. The van der Waals surface area contributed by atoms with Crippen molar-refractivity contribution in [1.82, 2.24) is 14.6 Å². The van der Waals surface area contributed by atoms with Crippen LogP contribution in [0, 0.1) is 0 Å². The molecule has 1 amide bonds. The normalized spacial score (nSPS) is 16.7. The number of rotatable bonds is 5. The van der Waals surface area contributed by atoms with E-state index in [1.54, 1.807) is 49.9 Å². The lowest BCUT2D eigenvalue weighted by Crippen LogP contribution is -2.48. The Morgan fingerprint density at radius 2 is 1.74 bits per heavy atom. The van der Waals surface area contributed by atoms with E-state index in [4.69, 9.17) is 21.3 Å². The minimum absolute atomic E-state index is 0.343. The summed E-state index contributed by atoms with van der Waals surface area (Å²) in [6.07, 6.45) is 0.0235. The van der Waals surface area contributed by atoms with Gasteiger partial charge in [-0.15, -0.1) is 0 Å². The van der Waals surface area contributed by atoms with Crippen LogP contribution in [0.1, 0.15) is 26.3 Å². The van der Waals surface area contributed by atoms with Crippen LogP contribution in [0.15, 0.2) is 24.3 Å². The minimum Gasteiger partial charge on any atom is -0.459 e. The summed E-state index contributed by atoms with van der Waals surface area (Å²) in [6.45, 7) is 8.41. The predicted molar refractivity (Wildman–Crippen MR) is 104 cm³/mol. The van der Waals surface area contributed by atoms with E-state index in [1.165, 1.54) is 0 Å². The van der Waals surface area contributed by atoms with E-state index in [-0.39, 0.29) is 6.09 Å². The summed E-state index contributed by atoms with van der Waals surface area (Å²) in [7, 11) is 2.03. The van der Waals surface area contributed by atoms with Gasteiger partial charge in [0.25, 0.3) is 0 Å². The number of piperazine rings is 1. The highest BCUT2D eigenvalue weighted by Crippen LogP contribution is 2.17. The molecule has 1 saturated heterocycles. The van der Waals surface area contributed by atoms with Gasteiger partial charge in [0.05, 0.1) is 0 Å². The summed E-state index contributed by atoms with van der Waals surface area (Å²) in [4.78, 5) is 30.7. The molecule has 0 aromatic heterocycles. The summed E-state index contributed by atoms with van der Waals surface area (Å²) in [5.41, 5.74) is 0.295. The lowest BCUT2D eigenvalue weighted by molar-refractivity contribution is -0.156. The van der Waals surface area contributed by atoms with Gasteiger partial charge in [0.15, 0.2) is 0 Å². The molecule has 0 aliphatic carbocycles. The summed E-state index contributed by atoms with van der Waals surface area (Å²) >= 11 is 5.71. The van der Waals surface area contributed by atoms with Crippen LogP contribution in [-0.2, 0) is 16.0 Å². The largest absolute Gasteiger partial charge is 0.459 e. The number of benzene rings is 1. The van der Waals surface area contributed by atoms with Gasteiger partial charge >= 0.3 is 12.1 Å². The van der Waals surface area contributed by atoms with Crippen LogP contribution in [0.25, 0.3) is 0 Å². The number of nitrogens with zero attached hydrogens (tertiary/aromatic N) is 2. The molecule has 150 valence electrons. The predicted octanol–water partition coefficient (Wildman–Crippen LogP) is 2.43.